The molecule has 0 aromatic carbocycles. The number of rotatable bonds is 3. The van der Waals surface area contributed by atoms with Gasteiger partial charge in [0.15, 0.2) is 0 Å². The van der Waals surface area contributed by atoms with Crippen LogP contribution in [0.15, 0.2) is 17.5 Å². The fraction of sp³-hybridized carbons (Fsp3) is 0.667. The van der Waals surface area contributed by atoms with Crippen LogP contribution in [0.2, 0.25) is 0 Å². The van der Waals surface area contributed by atoms with Gasteiger partial charge in [-0.3, -0.25) is 4.79 Å². The van der Waals surface area contributed by atoms with E-state index in [1.165, 1.54) is 22.7 Å². The highest BCUT2D eigenvalue weighted by Crippen LogP contribution is 2.31. The number of carbonyl (C=O) groups is 1. The summed E-state index contributed by atoms with van der Waals surface area (Å²) in [5, 5.41) is 1.92. The molecule has 0 unspecified atom stereocenters. The molecule has 3 heterocycles. The predicted molar refractivity (Wildman–Crippen MR) is 94.0 cm³/mol. The van der Waals surface area contributed by atoms with Crippen LogP contribution in [0, 0.1) is 0 Å². The number of nitrogens with one attached hydrogen (secondary N) is 1. The second kappa shape index (κ2) is 7.09. The first-order chi connectivity index (χ1) is 11.4. The van der Waals surface area contributed by atoms with E-state index in [-0.39, 0.29) is 11.9 Å². The summed E-state index contributed by atoms with van der Waals surface area (Å²) in [7, 11) is -2.17. The molecule has 2 aliphatic heterocycles. The van der Waals surface area contributed by atoms with Gasteiger partial charge in [-0.05, 0) is 24.4 Å². The van der Waals surface area contributed by atoms with E-state index in [0.717, 1.165) is 24.5 Å². The van der Waals surface area contributed by atoms with Crippen LogP contribution in [0.3, 0.4) is 0 Å². The Bertz CT molecular complexity index is 669. The van der Waals surface area contributed by atoms with Crippen molar-refractivity contribution in [3.8, 4) is 0 Å². The van der Waals surface area contributed by atoms with Crippen LogP contribution in [0.5, 0.6) is 0 Å². The van der Waals surface area contributed by atoms with Crippen molar-refractivity contribution in [1.82, 2.24) is 18.8 Å². The normalized spacial score (nSPS) is 28.8. The zero-order chi connectivity index (χ0) is 17.3. The van der Waals surface area contributed by atoms with Gasteiger partial charge < -0.3 is 9.80 Å². The standard InChI is InChI=1S/C15H24N4O3S2/c1-3-18-6-8-19(9-7-18)15(20)13-11-12(14-5-4-10-23-14)16-24(21,22)17(13)2/h4-5,10,12-13,16H,3,6-9,11H2,1-2H3/t12-,13+/m1/s1. The summed E-state index contributed by atoms with van der Waals surface area (Å²) in [6.07, 6.45) is 0.461. The van der Waals surface area contributed by atoms with E-state index >= 15 is 0 Å². The molecule has 1 aromatic heterocycles. The van der Waals surface area contributed by atoms with E-state index in [1.54, 1.807) is 4.90 Å². The molecular formula is C15H24N4O3S2. The van der Waals surface area contributed by atoms with Crippen molar-refractivity contribution in [1.29, 1.82) is 0 Å². The molecule has 0 saturated carbocycles. The van der Waals surface area contributed by atoms with Crippen LogP contribution in [0.25, 0.3) is 0 Å². The number of hydrogen-bond acceptors (Lipinski definition) is 5. The quantitative estimate of drug-likeness (QED) is 0.838. The van der Waals surface area contributed by atoms with Crippen LogP contribution in [-0.2, 0) is 15.0 Å². The molecule has 3 rings (SSSR count). The second-order valence-corrected chi connectivity index (χ2v) is 8.96. The van der Waals surface area contributed by atoms with Gasteiger partial charge in [0.25, 0.3) is 10.2 Å². The Morgan fingerprint density at radius 2 is 2.04 bits per heavy atom. The number of carbonyl (C=O) groups excluding carboxylic acids is 1. The van der Waals surface area contributed by atoms with Gasteiger partial charge in [-0.25, -0.2) is 0 Å². The van der Waals surface area contributed by atoms with Gasteiger partial charge in [-0.2, -0.15) is 17.4 Å². The molecule has 9 heteroatoms. The van der Waals surface area contributed by atoms with Gasteiger partial charge in [0.2, 0.25) is 5.91 Å². The fourth-order valence-corrected chi connectivity index (χ4v) is 5.39. The third-order valence-electron chi connectivity index (χ3n) is 4.87. The van der Waals surface area contributed by atoms with E-state index in [0.29, 0.717) is 19.5 Å². The van der Waals surface area contributed by atoms with Crippen molar-refractivity contribution in [2.75, 3.05) is 39.8 Å². The fourth-order valence-electron chi connectivity index (χ4n) is 3.27. The van der Waals surface area contributed by atoms with Gasteiger partial charge in [0.05, 0.1) is 6.04 Å². The summed E-state index contributed by atoms with van der Waals surface area (Å²) in [5.41, 5.74) is 0. The van der Waals surface area contributed by atoms with Crippen LogP contribution >= 0.6 is 11.3 Å². The first kappa shape index (κ1) is 17.8. The molecule has 2 aliphatic rings. The van der Waals surface area contributed by atoms with Crippen molar-refractivity contribution in [2.45, 2.75) is 25.4 Å². The highest BCUT2D eigenvalue weighted by Gasteiger charge is 2.42. The Balaban J connectivity index is 1.76. The van der Waals surface area contributed by atoms with E-state index in [9.17, 15) is 13.2 Å². The average Bonchev–Trinajstić information content (AvgIpc) is 3.11. The summed E-state index contributed by atoms with van der Waals surface area (Å²) < 4.78 is 28.7. The summed E-state index contributed by atoms with van der Waals surface area (Å²) in [6, 6.07) is 2.83. The molecule has 1 aromatic rings. The Morgan fingerprint density at radius 3 is 2.62 bits per heavy atom. The minimum atomic E-state index is -3.65. The summed E-state index contributed by atoms with van der Waals surface area (Å²) in [6.45, 7) is 6.10. The smallest absolute Gasteiger partial charge is 0.280 e. The maximum atomic E-state index is 12.9. The van der Waals surface area contributed by atoms with Crippen molar-refractivity contribution in [3.05, 3.63) is 22.4 Å². The largest absolute Gasteiger partial charge is 0.339 e. The molecule has 0 radical (unpaired) electrons. The van der Waals surface area contributed by atoms with E-state index in [1.807, 2.05) is 17.5 Å². The first-order valence-electron chi connectivity index (χ1n) is 8.22. The first-order valence-corrected chi connectivity index (χ1v) is 10.5. The minimum Gasteiger partial charge on any atom is -0.339 e. The Morgan fingerprint density at radius 1 is 1.33 bits per heavy atom. The van der Waals surface area contributed by atoms with E-state index in [2.05, 4.69) is 16.5 Å². The zero-order valence-electron chi connectivity index (χ0n) is 14.0. The van der Waals surface area contributed by atoms with E-state index in [4.69, 9.17) is 0 Å². The number of nitrogens with zero attached hydrogens (tertiary/aromatic N) is 3. The number of likely N-dealkylation sites (N-methyl/N-ethyl adjacent to an activating group) is 2. The number of hydrogen-bond donors (Lipinski definition) is 1. The molecule has 24 heavy (non-hydrogen) atoms. The third-order valence-corrected chi connectivity index (χ3v) is 7.45. The topological polar surface area (TPSA) is 73.0 Å². The zero-order valence-corrected chi connectivity index (χ0v) is 15.6. The molecular weight excluding hydrogens is 348 g/mol. The van der Waals surface area contributed by atoms with Gasteiger partial charge in [-0.1, -0.05) is 13.0 Å². The van der Waals surface area contributed by atoms with Crippen LogP contribution < -0.4 is 4.72 Å². The van der Waals surface area contributed by atoms with Gasteiger partial charge >= 0.3 is 0 Å². The Hall–Kier alpha value is -1.00. The Kier molecular flexibility index (Phi) is 5.26. The van der Waals surface area contributed by atoms with Crippen molar-refractivity contribution in [2.24, 2.45) is 0 Å². The lowest BCUT2D eigenvalue weighted by molar-refractivity contribution is -0.137. The summed E-state index contributed by atoms with van der Waals surface area (Å²) >= 11 is 1.51. The van der Waals surface area contributed by atoms with Crippen LogP contribution in [-0.4, -0.2) is 74.2 Å². The summed E-state index contributed by atoms with van der Waals surface area (Å²) in [5.74, 6) is -0.0834. The van der Waals surface area contributed by atoms with E-state index < -0.39 is 16.3 Å². The monoisotopic (exact) mass is 372 g/mol. The lowest BCUT2D eigenvalue weighted by Gasteiger charge is -2.40. The summed E-state index contributed by atoms with van der Waals surface area (Å²) in [4.78, 5) is 18.0. The number of thiophene rings is 1. The highest BCUT2D eigenvalue weighted by molar-refractivity contribution is 7.87. The molecule has 1 amide bonds. The van der Waals surface area contributed by atoms with Crippen LogP contribution in [0.4, 0.5) is 0 Å². The Labute approximate surface area is 147 Å². The minimum absolute atomic E-state index is 0.0834. The maximum absolute atomic E-state index is 12.9. The van der Waals surface area contributed by atoms with Crippen LogP contribution in [0.1, 0.15) is 24.3 Å². The lowest BCUT2D eigenvalue weighted by Crippen LogP contribution is -2.60. The predicted octanol–water partition coefficient (Wildman–Crippen LogP) is 0.492. The molecule has 7 nitrogen and oxygen atoms in total. The number of amides is 1. The third kappa shape index (κ3) is 3.50. The highest BCUT2D eigenvalue weighted by atomic mass is 32.2. The molecule has 2 saturated heterocycles. The van der Waals surface area contributed by atoms with Gasteiger partial charge in [0.1, 0.15) is 6.04 Å². The molecule has 2 fully saturated rings. The number of piperazine rings is 1. The van der Waals surface area contributed by atoms with Gasteiger partial charge in [0, 0.05) is 38.1 Å². The van der Waals surface area contributed by atoms with Crippen molar-refractivity contribution >= 4 is 27.5 Å². The second-order valence-electron chi connectivity index (χ2n) is 6.22. The molecule has 2 atom stereocenters. The average molecular weight is 373 g/mol. The molecule has 0 bridgehead atoms. The molecule has 0 spiro atoms. The molecule has 0 aliphatic carbocycles. The SMILES string of the molecule is CCN1CCN(C(=O)[C@@H]2C[C@H](c3cccs3)NS(=O)(=O)N2C)CC1. The van der Waals surface area contributed by atoms with Gasteiger partial charge in [-0.15, -0.1) is 11.3 Å². The maximum Gasteiger partial charge on any atom is 0.280 e. The lowest BCUT2D eigenvalue weighted by atomic mass is 10.0. The molecule has 1 N–H and O–H groups in total. The van der Waals surface area contributed by atoms with Crippen molar-refractivity contribution in [3.63, 3.8) is 0 Å². The van der Waals surface area contributed by atoms with Crippen molar-refractivity contribution < 1.29 is 13.2 Å². The molecule has 134 valence electrons.